The molecule has 1 aromatic carbocycles. The van der Waals surface area contributed by atoms with Crippen LogP contribution in [-0.4, -0.2) is 11.5 Å². The minimum Gasteiger partial charge on any atom is -0.308 e. The highest BCUT2D eigenvalue weighted by Gasteiger charge is 2.20. The van der Waals surface area contributed by atoms with Crippen LogP contribution in [0.3, 0.4) is 0 Å². The Kier molecular flexibility index (Phi) is 2.45. The standard InChI is InChI=1S/C13H16N2S/c1-8-6-9(2)12-11(7-8)15-13(16-12)10-4-3-5-14-10/h6-7,10,14H,3-5H2,1-2H3. The lowest BCUT2D eigenvalue weighted by Crippen LogP contribution is -2.12. The maximum Gasteiger partial charge on any atom is 0.111 e. The maximum atomic E-state index is 4.77. The number of aromatic nitrogens is 1. The fourth-order valence-electron chi connectivity index (χ4n) is 2.44. The van der Waals surface area contributed by atoms with Crippen molar-refractivity contribution in [1.29, 1.82) is 0 Å². The molecule has 2 aromatic rings. The van der Waals surface area contributed by atoms with Gasteiger partial charge in [0.15, 0.2) is 0 Å². The molecule has 3 heteroatoms. The predicted molar refractivity (Wildman–Crippen MR) is 69.1 cm³/mol. The molecule has 84 valence electrons. The Morgan fingerprint density at radius 1 is 1.38 bits per heavy atom. The van der Waals surface area contributed by atoms with Gasteiger partial charge in [-0.05, 0) is 50.4 Å². The molecule has 3 rings (SSSR count). The van der Waals surface area contributed by atoms with E-state index in [1.165, 1.54) is 39.2 Å². The van der Waals surface area contributed by atoms with Crippen molar-refractivity contribution in [3.63, 3.8) is 0 Å². The molecule has 0 aliphatic carbocycles. The molecule has 0 amide bonds. The van der Waals surface area contributed by atoms with Gasteiger partial charge >= 0.3 is 0 Å². The zero-order valence-electron chi connectivity index (χ0n) is 9.71. The van der Waals surface area contributed by atoms with E-state index >= 15 is 0 Å². The van der Waals surface area contributed by atoms with Crippen LogP contribution in [0, 0.1) is 13.8 Å². The maximum absolute atomic E-state index is 4.77. The molecule has 1 fully saturated rings. The zero-order valence-corrected chi connectivity index (χ0v) is 10.5. The Balaban J connectivity index is 2.11. The van der Waals surface area contributed by atoms with Crippen LogP contribution < -0.4 is 5.32 Å². The number of nitrogens with zero attached hydrogens (tertiary/aromatic N) is 1. The Bertz CT molecular complexity index is 524. The SMILES string of the molecule is Cc1cc(C)c2sc(C3CCCN3)nc2c1. The van der Waals surface area contributed by atoms with Crippen molar-refractivity contribution in [2.45, 2.75) is 32.7 Å². The lowest BCUT2D eigenvalue weighted by molar-refractivity contribution is 0.644. The molecule has 1 aliphatic rings. The van der Waals surface area contributed by atoms with Crippen LogP contribution in [0.25, 0.3) is 10.2 Å². The third-order valence-electron chi connectivity index (χ3n) is 3.20. The van der Waals surface area contributed by atoms with Crippen molar-refractivity contribution in [3.8, 4) is 0 Å². The number of rotatable bonds is 1. The molecule has 1 atom stereocenters. The van der Waals surface area contributed by atoms with Crippen molar-refractivity contribution in [1.82, 2.24) is 10.3 Å². The molecule has 1 N–H and O–H groups in total. The average Bonchev–Trinajstić information content (AvgIpc) is 2.82. The van der Waals surface area contributed by atoms with Crippen LogP contribution in [0.4, 0.5) is 0 Å². The Morgan fingerprint density at radius 2 is 2.25 bits per heavy atom. The van der Waals surface area contributed by atoms with Gasteiger partial charge in [0, 0.05) is 0 Å². The number of hydrogen-bond acceptors (Lipinski definition) is 3. The van der Waals surface area contributed by atoms with Gasteiger partial charge in [-0.15, -0.1) is 11.3 Å². The number of aryl methyl sites for hydroxylation is 2. The smallest absolute Gasteiger partial charge is 0.111 e. The largest absolute Gasteiger partial charge is 0.308 e. The zero-order chi connectivity index (χ0) is 11.1. The van der Waals surface area contributed by atoms with Gasteiger partial charge in [-0.25, -0.2) is 4.98 Å². The molecule has 1 unspecified atom stereocenters. The summed E-state index contributed by atoms with van der Waals surface area (Å²) in [5.41, 5.74) is 3.84. The monoisotopic (exact) mass is 232 g/mol. The second-order valence-corrected chi connectivity index (χ2v) is 5.66. The van der Waals surface area contributed by atoms with Crippen molar-refractivity contribution in [2.24, 2.45) is 0 Å². The first-order chi connectivity index (χ1) is 7.74. The minimum absolute atomic E-state index is 0.497. The Hall–Kier alpha value is -0.930. The van der Waals surface area contributed by atoms with Crippen LogP contribution in [-0.2, 0) is 0 Å². The number of nitrogens with one attached hydrogen (secondary N) is 1. The Labute approximate surface area is 99.7 Å². The van der Waals surface area contributed by atoms with Gasteiger partial charge in [-0.1, -0.05) is 6.07 Å². The van der Waals surface area contributed by atoms with E-state index in [0.29, 0.717) is 6.04 Å². The molecule has 0 spiro atoms. The molecule has 2 nitrogen and oxygen atoms in total. The van der Waals surface area contributed by atoms with Crippen LogP contribution >= 0.6 is 11.3 Å². The number of benzene rings is 1. The summed E-state index contributed by atoms with van der Waals surface area (Å²) >= 11 is 1.86. The number of thiazole rings is 1. The van der Waals surface area contributed by atoms with Crippen molar-refractivity contribution in [2.75, 3.05) is 6.54 Å². The van der Waals surface area contributed by atoms with Crippen molar-refractivity contribution < 1.29 is 0 Å². The average molecular weight is 232 g/mol. The van der Waals surface area contributed by atoms with Crippen molar-refractivity contribution >= 4 is 21.6 Å². The molecule has 0 bridgehead atoms. The fourth-order valence-corrected chi connectivity index (χ4v) is 3.56. The van der Waals surface area contributed by atoms with Crippen molar-refractivity contribution in [3.05, 3.63) is 28.3 Å². The van der Waals surface area contributed by atoms with Gasteiger partial charge in [0.05, 0.1) is 16.3 Å². The van der Waals surface area contributed by atoms with E-state index in [1.807, 2.05) is 11.3 Å². The molecule has 1 aliphatic heterocycles. The predicted octanol–water partition coefficient (Wildman–Crippen LogP) is 3.34. The van der Waals surface area contributed by atoms with Crippen LogP contribution in [0.5, 0.6) is 0 Å². The first-order valence-electron chi connectivity index (χ1n) is 5.85. The van der Waals surface area contributed by atoms with Crippen LogP contribution in [0.1, 0.15) is 35.0 Å². The summed E-state index contributed by atoms with van der Waals surface area (Å²) in [5.74, 6) is 0. The lowest BCUT2D eigenvalue weighted by Gasteiger charge is -2.03. The summed E-state index contributed by atoms with van der Waals surface area (Å²) in [6.07, 6.45) is 2.51. The highest BCUT2D eigenvalue weighted by Crippen LogP contribution is 2.32. The number of hydrogen-bond donors (Lipinski definition) is 1. The molecule has 1 saturated heterocycles. The summed E-state index contributed by atoms with van der Waals surface area (Å²) < 4.78 is 1.36. The third-order valence-corrected chi connectivity index (χ3v) is 4.52. The highest BCUT2D eigenvalue weighted by molar-refractivity contribution is 7.18. The van der Waals surface area contributed by atoms with E-state index in [0.717, 1.165) is 6.54 Å². The molecule has 2 heterocycles. The van der Waals surface area contributed by atoms with Gasteiger partial charge in [0.2, 0.25) is 0 Å². The van der Waals surface area contributed by atoms with E-state index in [1.54, 1.807) is 0 Å². The quantitative estimate of drug-likeness (QED) is 0.815. The minimum atomic E-state index is 0.497. The van der Waals surface area contributed by atoms with E-state index in [9.17, 15) is 0 Å². The highest BCUT2D eigenvalue weighted by atomic mass is 32.1. The first kappa shape index (κ1) is 10.2. The molecule has 1 aromatic heterocycles. The summed E-state index contributed by atoms with van der Waals surface area (Å²) in [7, 11) is 0. The Morgan fingerprint density at radius 3 is 3.00 bits per heavy atom. The van der Waals surface area contributed by atoms with Crippen LogP contribution in [0.15, 0.2) is 12.1 Å². The van der Waals surface area contributed by atoms with E-state index in [2.05, 4.69) is 31.3 Å². The molecule has 0 radical (unpaired) electrons. The number of fused-ring (bicyclic) bond motifs is 1. The van der Waals surface area contributed by atoms with Gasteiger partial charge < -0.3 is 5.32 Å². The molecule has 16 heavy (non-hydrogen) atoms. The normalized spacial score (nSPS) is 20.8. The van der Waals surface area contributed by atoms with E-state index < -0.39 is 0 Å². The van der Waals surface area contributed by atoms with E-state index in [-0.39, 0.29) is 0 Å². The van der Waals surface area contributed by atoms with Gasteiger partial charge in [-0.2, -0.15) is 0 Å². The third kappa shape index (κ3) is 1.64. The van der Waals surface area contributed by atoms with Gasteiger partial charge in [0.1, 0.15) is 5.01 Å². The van der Waals surface area contributed by atoms with Gasteiger partial charge in [0.25, 0.3) is 0 Å². The lowest BCUT2D eigenvalue weighted by atomic mass is 10.1. The van der Waals surface area contributed by atoms with Gasteiger partial charge in [-0.3, -0.25) is 0 Å². The summed E-state index contributed by atoms with van der Waals surface area (Å²) in [4.78, 5) is 4.77. The second-order valence-electron chi connectivity index (χ2n) is 4.63. The summed E-state index contributed by atoms with van der Waals surface area (Å²) in [5, 5.41) is 4.78. The second kappa shape index (κ2) is 3.82. The first-order valence-corrected chi connectivity index (χ1v) is 6.67. The summed E-state index contributed by atoms with van der Waals surface area (Å²) in [6.45, 7) is 5.46. The molecular formula is C13H16N2S. The van der Waals surface area contributed by atoms with E-state index in [4.69, 9.17) is 4.98 Å². The topological polar surface area (TPSA) is 24.9 Å². The fraction of sp³-hybridized carbons (Fsp3) is 0.462. The summed E-state index contributed by atoms with van der Waals surface area (Å²) in [6, 6.07) is 4.93. The van der Waals surface area contributed by atoms with Crippen LogP contribution in [0.2, 0.25) is 0 Å². The molecule has 0 saturated carbocycles. The molecular weight excluding hydrogens is 216 g/mol.